The summed E-state index contributed by atoms with van der Waals surface area (Å²) in [4.78, 5) is 1.22. The maximum atomic E-state index is 12.5. The highest BCUT2D eigenvalue weighted by atomic mass is 79.9. The molecule has 1 aliphatic carbocycles. The zero-order valence-corrected chi connectivity index (χ0v) is 13.4. The molecule has 0 unspecified atom stereocenters. The van der Waals surface area contributed by atoms with Crippen LogP contribution in [0.25, 0.3) is 0 Å². The molecule has 2 N–H and O–H groups in total. The summed E-state index contributed by atoms with van der Waals surface area (Å²) in [7, 11) is -1.72. The molecule has 1 saturated carbocycles. The first kappa shape index (κ1) is 14.5. The summed E-state index contributed by atoms with van der Waals surface area (Å²) < 4.78 is 27.2. The largest absolute Gasteiger partial charge is 0.326 e. The van der Waals surface area contributed by atoms with Crippen LogP contribution < -0.4 is 5.73 Å². The van der Waals surface area contributed by atoms with E-state index >= 15 is 0 Å². The van der Waals surface area contributed by atoms with E-state index in [1.54, 1.807) is 13.1 Å². The number of nitrogens with two attached hydrogens (primary N) is 1. The fourth-order valence-electron chi connectivity index (χ4n) is 2.29. The molecule has 1 aromatic heterocycles. The van der Waals surface area contributed by atoms with Crippen LogP contribution in [0.15, 0.2) is 14.7 Å². The van der Waals surface area contributed by atoms with Gasteiger partial charge >= 0.3 is 0 Å². The molecule has 18 heavy (non-hydrogen) atoms. The van der Waals surface area contributed by atoms with E-state index in [1.807, 2.05) is 0 Å². The third-order valence-electron chi connectivity index (χ3n) is 3.40. The number of halogens is 1. The van der Waals surface area contributed by atoms with Crippen LogP contribution in [0.3, 0.4) is 0 Å². The van der Waals surface area contributed by atoms with Crippen molar-refractivity contribution in [1.29, 1.82) is 0 Å². The van der Waals surface area contributed by atoms with Gasteiger partial charge in [0, 0.05) is 24.5 Å². The van der Waals surface area contributed by atoms with E-state index in [1.165, 1.54) is 15.6 Å². The number of sulfonamides is 1. The molecule has 0 saturated heterocycles. The van der Waals surface area contributed by atoms with Gasteiger partial charge in [-0.05, 0) is 34.8 Å². The Morgan fingerprint density at radius 2 is 2.11 bits per heavy atom. The van der Waals surface area contributed by atoms with Crippen LogP contribution in [-0.4, -0.2) is 25.8 Å². The molecule has 0 atom stereocenters. The van der Waals surface area contributed by atoms with E-state index < -0.39 is 10.0 Å². The van der Waals surface area contributed by atoms with Crippen molar-refractivity contribution in [2.24, 2.45) is 5.73 Å². The van der Waals surface area contributed by atoms with E-state index in [2.05, 4.69) is 15.9 Å². The highest BCUT2D eigenvalue weighted by Crippen LogP contribution is 2.35. The number of thiophene rings is 1. The average Bonchev–Trinajstić information content (AvgIpc) is 2.96. The number of nitrogens with zero attached hydrogens (tertiary/aromatic N) is 1. The molecule has 1 fully saturated rings. The van der Waals surface area contributed by atoms with Crippen LogP contribution in [0.1, 0.15) is 30.6 Å². The van der Waals surface area contributed by atoms with Gasteiger partial charge in [-0.1, -0.05) is 12.8 Å². The van der Waals surface area contributed by atoms with E-state index in [-0.39, 0.29) is 6.04 Å². The van der Waals surface area contributed by atoms with Crippen LogP contribution in [-0.2, 0) is 16.6 Å². The fraction of sp³-hybridized carbons (Fsp3) is 0.636. The normalized spacial score (nSPS) is 17.8. The maximum absolute atomic E-state index is 12.5. The first-order valence-corrected chi connectivity index (χ1v) is 8.98. The second kappa shape index (κ2) is 5.58. The predicted molar refractivity (Wildman–Crippen MR) is 77.1 cm³/mol. The Hall–Kier alpha value is 0.0500. The third-order valence-corrected chi connectivity index (χ3v) is 7.59. The number of hydrogen-bond acceptors (Lipinski definition) is 4. The van der Waals surface area contributed by atoms with Gasteiger partial charge in [-0.3, -0.25) is 0 Å². The van der Waals surface area contributed by atoms with Crippen molar-refractivity contribution in [2.75, 3.05) is 7.05 Å². The van der Waals surface area contributed by atoms with Crippen molar-refractivity contribution < 1.29 is 8.42 Å². The quantitative estimate of drug-likeness (QED) is 0.905. The lowest BCUT2D eigenvalue weighted by Crippen LogP contribution is -2.35. The summed E-state index contributed by atoms with van der Waals surface area (Å²) in [5, 5.41) is 0. The van der Waals surface area contributed by atoms with Crippen LogP contribution in [0.4, 0.5) is 0 Å². The van der Waals surface area contributed by atoms with E-state index in [4.69, 9.17) is 5.73 Å². The van der Waals surface area contributed by atoms with Gasteiger partial charge in [0.2, 0.25) is 10.0 Å². The highest BCUT2D eigenvalue weighted by Gasteiger charge is 2.32. The second-order valence-electron chi connectivity index (χ2n) is 4.51. The van der Waals surface area contributed by atoms with Crippen molar-refractivity contribution >= 4 is 37.3 Å². The van der Waals surface area contributed by atoms with Gasteiger partial charge in [-0.25, -0.2) is 8.42 Å². The van der Waals surface area contributed by atoms with Crippen molar-refractivity contribution in [3.63, 3.8) is 0 Å². The molecule has 0 aliphatic heterocycles. The summed E-state index contributed by atoms with van der Waals surface area (Å²) in [6.07, 6.45) is 4.15. The predicted octanol–water partition coefficient (Wildman–Crippen LogP) is 2.53. The molecule has 0 amide bonds. The van der Waals surface area contributed by atoms with Crippen LogP contribution >= 0.6 is 27.3 Å². The van der Waals surface area contributed by atoms with Gasteiger partial charge in [0.25, 0.3) is 0 Å². The lowest BCUT2D eigenvalue weighted by Gasteiger charge is -2.23. The van der Waals surface area contributed by atoms with Gasteiger partial charge in [-0.2, -0.15) is 4.31 Å². The summed E-state index contributed by atoms with van der Waals surface area (Å²) in [5.41, 5.74) is 5.55. The fourth-order valence-corrected chi connectivity index (χ4v) is 6.22. The van der Waals surface area contributed by atoms with Crippen molar-refractivity contribution in [1.82, 2.24) is 4.31 Å². The lowest BCUT2D eigenvalue weighted by atomic mass is 10.3. The Morgan fingerprint density at radius 3 is 2.61 bits per heavy atom. The third kappa shape index (κ3) is 2.65. The van der Waals surface area contributed by atoms with Crippen LogP contribution in [0.5, 0.6) is 0 Å². The zero-order valence-electron chi connectivity index (χ0n) is 10.2. The number of hydrogen-bond donors (Lipinski definition) is 1. The Balaban J connectivity index is 2.31. The van der Waals surface area contributed by atoms with E-state index in [9.17, 15) is 8.42 Å². The van der Waals surface area contributed by atoms with E-state index in [0.29, 0.717) is 15.2 Å². The second-order valence-corrected chi connectivity index (χ2v) is 8.93. The first-order chi connectivity index (χ1) is 8.46. The molecule has 1 aliphatic rings. The Labute approximate surface area is 120 Å². The summed E-state index contributed by atoms with van der Waals surface area (Å²) >= 11 is 4.71. The molecular formula is C11H17BrN2O2S2. The number of rotatable bonds is 4. The maximum Gasteiger partial charge on any atom is 0.245 e. The summed E-state index contributed by atoms with van der Waals surface area (Å²) in [6, 6.07) is 1.82. The molecule has 4 nitrogen and oxygen atoms in total. The molecule has 0 radical (unpaired) electrons. The molecule has 0 spiro atoms. The minimum absolute atomic E-state index is 0.142. The van der Waals surface area contributed by atoms with Crippen molar-refractivity contribution in [2.45, 2.75) is 43.2 Å². The summed E-state index contributed by atoms with van der Waals surface area (Å²) in [5.74, 6) is 0. The minimum atomic E-state index is -3.40. The minimum Gasteiger partial charge on any atom is -0.326 e. The summed E-state index contributed by atoms with van der Waals surface area (Å²) in [6.45, 7) is 0.367. The topological polar surface area (TPSA) is 63.4 Å². The van der Waals surface area contributed by atoms with Crippen molar-refractivity contribution in [3.05, 3.63) is 14.7 Å². The van der Waals surface area contributed by atoms with Gasteiger partial charge in [-0.15, -0.1) is 11.3 Å². The van der Waals surface area contributed by atoms with Crippen LogP contribution in [0, 0.1) is 0 Å². The Bertz CT molecular complexity index is 521. The molecule has 102 valence electrons. The van der Waals surface area contributed by atoms with Gasteiger partial charge in [0.15, 0.2) is 0 Å². The van der Waals surface area contributed by atoms with E-state index in [0.717, 1.165) is 30.6 Å². The van der Waals surface area contributed by atoms with Crippen molar-refractivity contribution in [3.8, 4) is 0 Å². The molecule has 0 bridgehead atoms. The smallest absolute Gasteiger partial charge is 0.245 e. The first-order valence-electron chi connectivity index (χ1n) is 5.93. The Morgan fingerprint density at radius 1 is 1.50 bits per heavy atom. The zero-order chi connectivity index (χ0) is 13.3. The van der Waals surface area contributed by atoms with Gasteiger partial charge < -0.3 is 5.73 Å². The standard InChI is InChI=1S/C11H17BrN2O2S2/c1-14(8-4-2-3-5-8)18(15,16)10-6-9(7-13)17-11(10)12/h6,8H,2-5,7,13H2,1H3. The van der Waals surface area contributed by atoms with Gasteiger partial charge in [0.05, 0.1) is 3.79 Å². The SMILES string of the molecule is CN(C1CCCC1)S(=O)(=O)c1cc(CN)sc1Br. The average molecular weight is 353 g/mol. The molecule has 0 aromatic carbocycles. The lowest BCUT2D eigenvalue weighted by molar-refractivity contribution is 0.373. The Kier molecular flexibility index (Phi) is 4.48. The molecule has 2 rings (SSSR count). The molecule has 1 aromatic rings. The van der Waals surface area contributed by atoms with Crippen LogP contribution in [0.2, 0.25) is 0 Å². The monoisotopic (exact) mass is 352 g/mol. The highest BCUT2D eigenvalue weighted by molar-refractivity contribution is 9.11. The molecule has 1 heterocycles. The molecular weight excluding hydrogens is 336 g/mol. The van der Waals surface area contributed by atoms with Gasteiger partial charge in [0.1, 0.15) is 4.90 Å². The molecule has 7 heteroatoms.